The molecule has 6 heteroatoms. The monoisotopic (exact) mass is 330 g/mol. The quantitative estimate of drug-likeness (QED) is 0.814. The molecule has 0 bridgehead atoms. The maximum absolute atomic E-state index is 12.9. The van der Waals surface area contributed by atoms with Gasteiger partial charge in [-0.05, 0) is 39.0 Å². The SMILES string of the molecule is CCCCN(CC)C(=O)Cn1ccn2nc3c(c2c1=O)CCCC3. The van der Waals surface area contributed by atoms with Gasteiger partial charge in [-0.1, -0.05) is 13.3 Å². The van der Waals surface area contributed by atoms with Crippen LogP contribution in [0.5, 0.6) is 0 Å². The third-order valence-corrected chi connectivity index (χ3v) is 4.85. The molecule has 0 atom stereocenters. The number of rotatable bonds is 6. The lowest BCUT2D eigenvalue weighted by Crippen LogP contribution is -2.37. The molecule has 0 saturated heterocycles. The van der Waals surface area contributed by atoms with Gasteiger partial charge in [0.1, 0.15) is 12.1 Å². The van der Waals surface area contributed by atoms with Crippen molar-refractivity contribution >= 4 is 11.4 Å². The number of unbranched alkanes of at least 4 members (excludes halogenated alkanes) is 1. The zero-order valence-corrected chi connectivity index (χ0v) is 14.6. The molecule has 0 N–H and O–H groups in total. The van der Waals surface area contributed by atoms with E-state index in [1.54, 1.807) is 16.9 Å². The van der Waals surface area contributed by atoms with Gasteiger partial charge in [-0.3, -0.25) is 9.59 Å². The molecule has 2 aromatic rings. The maximum Gasteiger partial charge on any atom is 0.277 e. The second-order valence-corrected chi connectivity index (χ2v) is 6.48. The van der Waals surface area contributed by atoms with Crippen LogP contribution in [0.2, 0.25) is 0 Å². The van der Waals surface area contributed by atoms with Crippen molar-refractivity contribution in [2.24, 2.45) is 0 Å². The van der Waals surface area contributed by atoms with Crippen LogP contribution in [0, 0.1) is 0 Å². The summed E-state index contributed by atoms with van der Waals surface area (Å²) >= 11 is 0. The van der Waals surface area contributed by atoms with Crippen molar-refractivity contribution in [2.45, 2.75) is 58.9 Å². The first kappa shape index (κ1) is 16.7. The Morgan fingerprint density at radius 3 is 2.79 bits per heavy atom. The summed E-state index contributed by atoms with van der Waals surface area (Å²) in [6.07, 6.45) is 9.60. The van der Waals surface area contributed by atoms with E-state index in [9.17, 15) is 9.59 Å². The van der Waals surface area contributed by atoms with E-state index in [0.29, 0.717) is 12.1 Å². The minimum absolute atomic E-state index is 0.00535. The van der Waals surface area contributed by atoms with E-state index < -0.39 is 0 Å². The zero-order valence-electron chi connectivity index (χ0n) is 14.6. The van der Waals surface area contributed by atoms with Crippen molar-refractivity contribution in [3.8, 4) is 0 Å². The summed E-state index contributed by atoms with van der Waals surface area (Å²) in [7, 11) is 0. The Hall–Kier alpha value is -2.11. The Morgan fingerprint density at radius 2 is 2.04 bits per heavy atom. The van der Waals surface area contributed by atoms with Gasteiger partial charge in [0, 0.05) is 31.0 Å². The number of hydrogen-bond acceptors (Lipinski definition) is 3. The normalized spacial score (nSPS) is 13.9. The first-order chi connectivity index (χ1) is 11.7. The standard InChI is InChI=1S/C18H26N4O2/c1-3-5-10-20(4-2)16(23)13-21-11-12-22-17(18(21)24)14-8-6-7-9-15(14)19-22/h11-12H,3-10,13H2,1-2H3. The fourth-order valence-corrected chi connectivity index (χ4v) is 3.43. The Balaban J connectivity index is 1.89. The summed E-state index contributed by atoms with van der Waals surface area (Å²) in [6.45, 7) is 5.63. The number of hydrogen-bond donors (Lipinski definition) is 0. The van der Waals surface area contributed by atoms with Gasteiger partial charge in [0.05, 0.1) is 5.69 Å². The van der Waals surface area contributed by atoms with Gasteiger partial charge in [-0.15, -0.1) is 0 Å². The van der Waals surface area contributed by atoms with Gasteiger partial charge in [0.25, 0.3) is 5.56 Å². The van der Waals surface area contributed by atoms with Gasteiger partial charge in [0.15, 0.2) is 0 Å². The van der Waals surface area contributed by atoms with E-state index in [4.69, 9.17) is 0 Å². The Bertz CT molecular complexity index is 790. The van der Waals surface area contributed by atoms with Crippen LogP contribution in [0.3, 0.4) is 0 Å². The molecule has 0 saturated carbocycles. The van der Waals surface area contributed by atoms with Crippen LogP contribution in [-0.4, -0.2) is 38.1 Å². The van der Waals surface area contributed by atoms with Crippen LogP contribution in [0.25, 0.3) is 5.52 Å². The molecule has 130 valence electrons. The van der Waals surface area contributed by atoms with E-state index in [2.05, 4.69) is 12.0 Å². The van der Waals surface area contributed by atoms with Crippen molar-refractivity contribution in [1.29, 1.82) is 0 Å². The van der Waals surface area contributed by atoms with Gasteiger partial charge in [0.2, 0.25) is 5.91 Å². The molecule has 6 nitrogen and oxygen atoms in total. The molecule has 0 aliphatic heterocycles. The number of nitrogens with zero attached hydrogens (tertiary/aromatic N) is 4. The van der Waals surface area contributed by atoms with E-state index in [1.165, 1.54) is 4.57 Å². The number of carbonyl (C=O) groups excluding carboxylic acids is 1. The van der Waals surface area contributed by atoms with Crippen molar-refractivity contribution in [2.75, 3.05) is 13.1 Å². The highest BCUT2D eigenvalue weighted by atomic mass is 16.2. The second kappa shape index (κ2) is 7.20. The predicted octanol–water partition coefficient (Wildman–Crippen LogP) is 2.02. The summed E-state index contributed by atoms with van der Waals surface area (Å²) < 4.78 is 3.22. The van der Waals surface area contributed by atoms with Gasteiger partial charge in [-0.25, -0.2) is 4.52 Å². The molecule has 1 amide bonds. The smallest absolute Gasteiger partial charge is 0.277 e. The lowest BCUT2D eigenvalue weighted by Gasteiger charge is -2.21. The molecule has 0 radical (unpaired) electrons. The molecule has 1 aliphatic rings. The van der Waals surface area contributed by atoms with Gasteiger partial charge in [-0.2, -0.15) is 5.10 Å². The van der Waals surface area contributed by atoms with Crippen molar-refractivity contribution in [1.82, 2.24) is 19.1 Å². The third-order valence-electron chi connectivity index (χ3n) is 4.85. The van der Waals surface area contributed by atoms with Crippen LogP contribution < -0.4 is 5.56 Å². The number of aromatic nitrogens is 3. The van der Waals surface area contributed by atoms with Crippen LogP contribution in [0.1, 0.15) is 50.8 Å². The summed E-state index contributed by atoms with van der Waals surface area (Å²) in [5.41, 5.74) is 2.66. The summed E-state index contributed by atoms with van der Waals surface area (Å²) in [4.78, 5) is 27.2. The minimum atomic E-state index is -0.104. The predicted molar refractivity (Wildman–Crippen MR) is 93.3 cm³/mol. The fraction of sp³-hybridized carbons (Fsp3) is 0.611. The highest BCUT2D eigenvalue weighted by Gasteiger charge is 2.20. The first-order valence-electron chi connectivity index (χ1n) is 9.03. The number of aryl methyl sites for hydroxylation is 2. The molecule has 0 fully saturated rings. The summed E-state index contributed by atoms with van der Waals surface area (Å²) in [6, 6.07) is 0. The lowest BCUT2D eigenvalue weighted by molar-refractivity contribution is -0.131. The average Bonchev–Trinajstić information content (AvgIpc) is 2.97. The highest BCUT2D eigenvalue weighted by molar-refractivity contribution is 5.76. The number of fused-ring (bicyclic) bond motifs is 3. The van der Waals surface area contributed by atoms with Crippen LogP contribution in [0.15, 0.2) is 17.2 Å². The van der Waals surface area contributed by atoms with Crippen molar-refractivity contribution in [3.05, 3.63) is 34.0 Å². The fourth-order valence-electron chi connectivity index (χ4n) is 3.43. The molecule has 2 heterocycles. The molecule has 1 aliphatic carbocycles. The van der Waals surface area contributed by atoms with Crippen LogP contribution in [-0.2, 0) is 24.2 Å². The van der Waals surface area contributed by atoms with E-state index >= 15 is 0 Å². The second-order valence-electron chi connectivity index (χ2n) is 6.48. The lowest BCUT2D eigenvalue weighted by atomic mass is 9.97. The average molecular weight is 330 g/mol. The van der Waals surface area contributed by atoms with Crippen molar-refractivity contribution < 1.29 is 4.79 Å². The molecule has 2 aromatic heterocycles. The van der Waals surface area contributed by atoms with E-state index in [-0.39, 0.29) is 18.0 Å². The van der Waals surface area contributed by atoms with Gasteiger partial charge >= 0.3 is 0 Å². The minimum Gasteiger partial charge on any atom is -0.341 e. The molecule has 0 unspecified atom stereocenters. The Kier molecular flexibility index (Phi) is 5.02. The first-order valence-corrected chi connectivity index (χ1v) is 9.03. The molecule has 0 aromatic carbocycles. The van der Waals surface area contributed by atoms with Crippen LogP contribution >= 0.6 is 0 Å². The Labute approximate surface area is 142 Å². The molecule has 3 rings (SSSR count). The molecular formula is C18H26N4O2. The summed E-state index contributed by atoms with van der Waals surface area (Å²) in [5, 5.41) is 4.53. The summed E-state index contributed by atoms with van der Waals surface area (Å²) in [5.74, 6) is 0.00535. The maximum atomic E-state index is 12.9. The van der Waals surface area contributed by atoms with E-state index in [1.807, 2.05) is 11.8 Å². The topological polar surface area (TPSA) is 59.6 Å². The Morgan fingerprint density at radius 1 is 1.25 bits per heavy atom. The van der Waals surface area contributed by atoms with E-state index in [0.717, 1.165) is 56.3 Å². The number of likely N-dealkylation sites (N-methyl/N-ethyl adjacent to an activating group) is 1. The molecular weight excluding hydrogens is 304 g/mol. The van der Waals surface area contributed by atoms with Gasteiger partial charge < -0.3 is 9.47 Å². The molecule has 24 heavy (non-hydrogen) atoms. The largest absolute Gasteiger partial charge is 0.341 e. The number of carbonyl (C=O) groups is 1. The van der Waals surface area contributed by atoms with Crippen LogP contribution in [0.4, 0.5) is 0 Å². The highest BCUT2D eigenvalue weighted by Crippen LogP contribution is 2.22. The third kappa shape index (κ3) is 3.09. The molecule has 0 spiro atoms. The number of amides is 1. The van der Waals surface area contributed by atoms with Crippen molar-refractivity contribution in [3.63, 3.8) is 0 Å². The zero-order chi connectivity index (χ0) is 17.1.